The van der Waals surface area contributed by atoms with Crippen LogP contribution in [0.3, 0.4) is 0 Å². The smallest absolute Gasteiger partial charge is 0.344 e. The second-order valence-electron chi connectivity index (χ2n) is 2.33. The normalized spacial score (nSPS) is 13.8. The van der Waals surface area contributed by atoms with Gasteiger partial charge in [-0.15, -0.1) is 0 Å². The summed E-state index contributed by atoms with van der Waals surface area (Å²) in [6.07, 6.45) is 0. The molecule has 0 aromatic heterocycles. The summed E-state index contributed by atoms with van der Waals surface area (Å²) in [6, 6.07) is 0. The van der Waals surface area contributed by atoms with Gasteiger partial charge in [-0.1, -0.05) is 0 Å². The number of esters is 1. The summed E-state index contributed by atoms with van der Waals surface area (Å²) in [7, 11) is -0.860. The lowest BCUT2D eigenvalue weighted by molar-refractivity contribution is -0.142. The maximum Gasteiger partial charge on any atom is 0.344 e. The molecule has 0 aliphatic rings. The lowest BCUT2D eigenvalue weighted by Crippen LogP contribution is -2.21. The predicted octanol–water partition coefficient (Wildman–Crippen LogP) is 1.42. The van der Waals surface area contributed by atoms with E-state index in [1.165, 1.54) is 21.1 Å². The number of hydrogen-bond acceptors (Lipinski definition) is 5. The Kier molecular flexibility index (Phi) is 5.21. The second-order valence-corrected chi connectivity index (χ2v) is 4.92. The highest BCUT2D eigenvalue weighted by Gasteiger charge is 2.36. The van der Waals surface area contributed by atoms with E-state index in [0.717, 1.165) is 0 Å². The van der Waals surface area contributed by atoms with Gasteiger partial charge < -0.3 is 13.8 Å². The fraction of sp³-hybridized carbons (Fsp3) is 0.857. The van der Waals surface area contributed by atoms with Crippen molar-refractivity contribution in [3.63, 3.8) is 0 Å². The van der Waals surface area contributed by atoms with Gasteiger partial charge in [-0.2, -0.15) is 0 Å². The second kappa shape index (κ2) is 5.37. The zero-order valence-electron chi connectivity index (χ0n) is 8.27. The first-order valence-electron chi connectivity index (χ1n) is 3.89. The topological polar surface area (TPSA) is 61.8 Å². The average Bonchev–Trinajstić information content (AvgIpc) is 2.16. The van der Waals surface area contributed by atoms with Crippen molar-refractivity contribution >= 4 is 13.6 Å². The van der Waals surface area contributed by atoms with Crippen molar-refractivity contribution in [2.45, 2.75) is 19.5 Å². The van der Waals surface area contributed by atoms with Crippen molar-refractivity contribution in [3.05, 3.63) is 0 Å². The fourth-order valence-electron chi connectivity index (χ4n) is 0.783. The Balaban J connectivity index is 4.46. The largest absolute Gasteiger partial charge is 0.465 e. The minimum Gasteiger partial charge on any atom is -0.465 e. The molecule has 0 amide bonds. The molecule has 0 spiro atoms. The van der Waals surface area contributed by atoms with Gasteiger partial charge in [0.25, 0.3) is 0 Å². The molecule has 6 heteroatoms. The van der Waals surface area contributed by atoms with Crippen LogP contribution >= 0.6 is 7.60 Å². The number of ether oxygens (including phenoxy) is 1. The molecule has 0 radical (unpaired) electrons. The Morgan fingerprint density at radius 1 is 1.38 bits per heavy atom. The fourth-order valence-corrected chi connectivity index (χ4v) is 1.90. The van der Waals surface area contributed by atoms with Crippen LogP contribution in [0.4, 0.5) is 0 Å². The van der Waals surface area contributed by atoms with E-state index in [2.05, 4.69) is 13.8 Å². The summed E-state index contributed by atoms with van der Waals surface area (Å²) in [6.45, 7) is 3.37. The molecule has 5 nitrogen and oxygen atoms in total. The molecule has 78 valence electrons. The summed E-state index contributed by atoms with van der Waals surface area (Å²) in [4.78, 5) is 11.2. The molecule has 0 fully saturated rings. The van der Waals surface area contributed by atoms with E-state index in [9.17, 15) is 9.36 Å². The molecule has 0 saturated heterocycles. The van der Waals surface area contributed by atoms with Crippen LogP contribution in [0.15, 0.2) is 0 Å². The highest BCUT2D eigenvalue weighted by Crippen LogP contribution is 2.51. The maximum atomic E-state index is 11.6. The van der Waals surface area contributed by atoms with Crippen LogP contribution < -0.4 is 0 Å². The average molecular weight is 210 g/mol. The van der Waals surface area contributed by atoms with Gasteiger partial charge in [-0.25, -0.2) is 0 Å². The highest BCUT2D eigenvalue weighted by atomic mass is 31.2. The Hall–Kier alpha value is -0.380. The summed E-state index contributed by atoms with van der Waals surface area (Å²) in [5.41, 5.74) is -0.887. The molecule has 1 atom stereocenters. The molecule has 0 heterocycles. The van der Waals surface area contributed by atoms with Crippen molar-refractivity contribution < 1.29 is 23.1 Å². The number of carbonyl (C=O) groups is 1. The van der Waals surface area contributed by atoms with E-state index in [4.69, 9.17) is 0 Å². The van der Waals surface area contributed by atoms with Gasteiger partial charge in [0.15, 0.2) is 5.66 Å². The van der Waals surface area contributed by atoms with Crippen molar-refractivity contribution in [3.8, 4) is 0 Å². The van der Waals surface area contributed by atoms with E-state index in [1.807, 2.05) is 0 Å². The van der Waals surface area contributed by atoms with Crippen LogP contribution in [-0.2, 0) is 23.1 Å². The molecule has 0 aliphatic carbocycles. The first-order valence-corrected chi connectivity index (χ1v) is 5.50. The Morgan fingerprint density at radius 2 is 1.85 bits per heavy atom. The highest BCUT2D eigenvalue weighted by molar-refractivity contribution is 7.55. The van der Waals surface area contributed by atoms with Gasteiger partial charge in [-0.3, -0.25) is 9.36 Å². The predicted molar refractivity (Wildman–Crippen MR) is 47.7 cm³/mol. The van der Waals surface area contributed by atoms with Crippen molar-refractivity contribution in [2.75, 3.05) is 20.8 Å². The standard InChI is InChI=1S/C7H15O5P/c1-5-12-7(8)6(2)13(9,10-3)11-4/h6H,5H2,1-4H3/t6-/m1/s1. The van der Waals surface area contributed by atoms with Crippen LogP contribution in [0.25, 0.3) is 0 Å². The monoisotopic (exact) mass is 210 g/mol. The molecule has 0 unspecified atom stereocenters. The zero-order valence-corrected chi connectivity index (χ0v) is 9.17. The first-order chi connectivity index (χ1) is 6.01. The van der Waals surface area contributed by atoms with Gasteiger partial charge in [0, 0.05) is 14.2 Å². The van der Waals surface area contributed by atoms with Gasteiger partial charge in [0.2, 0.25) is 0 Å². The van der Waals surface area contributed by atoms with E-state index in [1.54, 1.807) is 6.92 Å². The number of hydrogen-bond donors (Lipinski definition) is 0. The minimum atomic E-state index is -3.33. The third-order valence-corrected chi connectivity index (χ3v) is 3.79. The van der Waals surface area contributed by atoms with Crippen molar-refractivity contribution in [1.29, 1.82) is 0 Å². The summed E-state index contributed by atoms with van der Waals surface area (Å²) >= 11 is 0. The quantitative estimate of drug-likeness (QED) is 0.507. The summed E-state index contributed by atoms with van der Waals surface area (Å²) in [5.74, 6) is -0.575. The molecule has 0 saturated carbocycles. The SMILES string of the molecule is CCOC(=O)[C@@H](C)P(=O)(OC)OC. The molecule has 0 aromatic carbocycles. The Bertz CT molecular complexity index is 207. The molecule has 0 aromatic rings. The summed E-state index contributed by atoms with van der Waals surface area (Å²) < 4.78 is 25.6. The van der Waals surface area contributed by atoms with Crippen LogP contribution in [0.5, 0.6) is 0 Å². The third-order valence-electron chi connectivity index (χ3n) is 1.61. The van der Waals surface area contributed by atoms with Crippen molar-refractivity contribution in [2.24, 2.45) is 0 Å². The molecule has 0 bridgehead atoms. The molecule has 0 rings (SSSR count). The van der Waals surface area contributed by atoms with Gasteiger partial charge in [0.05, 0.1) is 6.61 Å². The van der Waals surface area contributed by atoms with Crippen LogP contribution in [0.1, 0.15) is 13.8 Å². The lowest BCUT2D eigenvalue weighted by Gasteiger charge is -2.18. The van der Waals surface area contributed by atoms with Crippen molar-refractivity contribution in [1.82, 2.24) is 0 Å². The Labute approximate surface area is 77.9 Å². The van der Waals surface area contributed by atoms with Gasteiger partial charge >= 0.3 is 13.6 Å². The van der Waals surface area contributed by atoms with Crippen LogP contribution in [0, 0.1) is 0 Å². The first kappa shape index (κ1) is 12.6. The van der Waals surface area contributed by atoms with Crippen LogP contribution in [-0.4, -0.2) is 32.5 Å². The molecular formula is C7H15O5P. The van der Waals surface area contributed by atoms with Gasteiger partial charge in [-0.05, 0) is 13.8 Å². The number of rotatable bonds is 5. The molecule has 13 heavy (non-hydrogen) atoms. The number of carbonyl (C=O) groups excluding carboxylic acids is 1. The van der Waals surface area contributed by atoms with E-state index in [0.29, 0.717) is 0 Å². The Morgan fingerprint density at radius 3 is 2.15 bits per heavy atom. The van der Waals surface area contributed by atoms with Gasteiger partial charge in [0.1, 0.15) is 0 Å². The van der Waals surface area contributed by atoms with E-state index in [-0.39, 0.29) is 6.61 Å². The lowest BCUT2D eigenvalue weighted by atomic mass is 10.5. The minimum absolute atomic E-state index is 0.247. The summed E-state index contributed by atoms with van der Waals surface area (Å²) in [5, 5.41) is 0. The van der Waals surface area contributed by atoms with E-state index >= 15 is 0 Å². The maximum absolute atomic E-state index is 11.6. The third kappa shape index (κ3) is 3.10. The zero-order chi connectivity index (χ0) is 10.5. The van der Waals surface area contributed by atoms with Crippen LogP contribution in [0.2, 0.25) is 0 Å². The van der Waals surface area contributed by atoms with E-state index < -0.39 is 19.2 Å². The molecule has 0 N–H and O–H groups in total. The molecule has 0 aliphatic heterocycles. The molecular weight excluding hydrogens is 195 g/mol.